The summed E-state index contributed by atoms with van der Waals surface area (Å²) in [4.78, 5) is 12.4. The first-order chi connectivity index (χ1) is 9.74. The topological polar surface area (TPSA) is 50.4 Å². The molecule has 0 saturated carbocycles. The maximum absolute atomic E-state index is 12.4. The normalized spacial score (nSPS) is 27.8. The molecule has 0 aromatic heterocycles. The van der Waals surface area contributed by atoms with Crippen LogP contribution in [0.25, 0.3) is 0 Å². The van der Waals surface area contributed by atoms with Gasteiger partial charge in [0, 0.05) is 12.6 Å². The van der Waals surface area contributed by atoms with Gasteiger partial charge in [0.2, 0.25) is 5.91 Å². The Kier molecular flexibility index (Phi) is 5.48. The Morgan fingerprint density at radius 2 is 2.19 bits per heavy atom. The highest BCUT2D eigenvalue weighted by molar-refractivity contribution is 5.85. The van der Waals surface area contributed by atoms with Crippen molar-refractivity contribution in [2.75, 3.05) is 19.7 Å². The molecule has 1 saturated heterocycles. The van der Waals surface area contributed by atoms with Crippen LogP contribution >= 0.6 is 12.4 Å². The highest BCUT2D eigenvalue weighted by atomic mass is 35.5. The van der Waals surface area contributed by atoms with E-state index in [1.165, 1.54) is 0 Å². The molecule has 2 aliphatic heterocycles. The first-order valence-electron chi connectivity index (χ1n) is 7.46. The van der Waals surface area contributed by atoms with E-state index in [9.17, 15) is 4.79 Å². The lowest BCUT2D eigenvalue weighted by Crippen LogP contribution is -2.52. The minimum absolute atomic E-state index is 0. The fourth-order valence-electron chi connectivity index (χ4n) is 2.98. The molecule has 21 heavy (non-hydrogen) atoms. The molecule has 2 heterocycles. The van der Waals surface area contributed by atoms with Crippen molar-refractivity contribution in [1.82, 2.24) is 10.6 Å². The molecular weight excluding hydrogens is 288 g/mol. The number of fused-ring (bicyclic) bond motifs is 1. The number of halogens is 1. The smallest absolute Gasteiger partial charge is 0.227 e. The summed E-state index contributed by atoms with van der Waals surface area (Å²) in [6, 6.07) is 8.22. The highest BCUT2D eigenvalue weighted by Gasteiger charge is 2.29. The van der Waals surface area contributed by atoms with Gasteiger partial charge in [0.1, 0.15) is 12.4 Å². The lowest BCUT2D eigenvalue weighted by Gasteiger charge is -2.32. The van der Waals surface area contributed by atoms with Crippen LogP contribution in [-0.4, -0.2) is 31.6 Å². The molecule has 4 nitrogen and oxygen atoms in total. The van der Waals surface area contributed by atoms with Crippen LogP contribution in [0.15, 0.2) is 24.3 Å². The number of piperidine rings is 1. The van der Waals surface area contributed by atoms with Gasteiger partial charge in [0.15, 0.2) is 0 Å². The first kappa shape index (κ1) is 16.1. The summed E-state index contributed by atoms with van der Waals surface area (Å²) in [6.07, 6.45) is 1.89. The van der Waals surface area contributed by atoms with Crippen LogP contribution in [0.1, 0.15) is 18.9 Å². The van der Waals surface area contributed by atoms with Crippen LogP contribution in [-0.2, 0) is 11.2 Å². The molecule has 1 fully saturated rings. The zero-order valence-corrected chi connectivity index (χ0v) is 13.1. The molecular formula is C16H23ClN2O2. The number of hydrogen-bond donors (Lipinski definition) is 2. The third kappa shape index (κ3) is 3.69. The quantitative estimate of drug-likeness (QED) is 0.875. The van der Waals surface area contributed by atoms with Gasteiger partial charge in [0.25, 0.3) is 0 Å². The van der Waals surface area contributed by atoms with Gasteiger partial charge < -0.3 is 15.4 Å². The Hall–Kier alpha value is -1.26. The van der Waals surface area contributed by atoms with Crippen LogP contribution in [0.2, 0.25) is 0 Å². The van der Waals surface area contributed by atoms with Gasteiger partial charge in [-0.3, -0.25) is 4.79 Å². The summed E-state index contributed by atoms with van der Waals surface area (Å²) in [6.45, 7) is 4.61. The molecule has 0 bridgehead atoms. The van der Waals surface area contributed by atoms with Gasteiger partial charge >= 0.3 is 0 Å². The number of hydrogen-bond acceptors (Lipinski definition) is 3. The zero-order chi connectivity index (χ0) is 13.9. The second kappa shape index (κ2) is 7.14. The number of amides is 1. The standard InChI is InChI=1S/C16H22N2O2.ClH/c1-11-6-7-17-9-14(11)18-16(19)13-8-12-4-2-3-5-15(12)20-10-13;/h2-5,11,13-14,17H,6-10H2,1H3,(H,18,19);1H. The van der Waals surface area contributed by atoms with Crippen LogP contribution in [0.3, 0.4) is 0 Å². The van der Waals surface area contributed by atoms with E-state index in [4.69, 9.17) is 4.74 Å². The van der Waals surface area contributed by atoms with E-state index >= 15 is 0 Å². The van der Waals surface area contributed by atoms with Crippen molar-refractivity contribution < 1.29 is 9.53 Å². The van der Waals surface area contributed by atoms with Gasteiger partial charge in [-0.25, -0.2) is 0 Å². The number of benzene rings is 1. The molecule has 5 heteroatoms. The lowest BCUT2D eigenvalue weighted by atomic mass is 9.92. The number of para-hydroxylation sites is 1. The molecule has 0 radical (unpaired) electrons. The maximum atomic E-state index is 12.4. The van der Waals surface area contributed by atoms with Gasteiger partial charge in [-0.15, -0.1) is 12.4 Å². The van der Waals surface area contributed by atoms with Crippen LogP contribution < -0.4 is 15.4 Å². The number of carbonyl (C=O) groups is 1. The van der Waals surface area contributed by atoms with Crippen molar-refractivity contribution in [3.63, 3.8) is 0 Å². The minimum Gasteiger partial charge on any atom is -0.492 e. The molecule has 116 valence electrons. The zero-order valence-electron chi connectivity index (χ0n) is 12.3. The van der Waals surface area contributed by atoms with E-state index in [0.717, 1.165) is 37.2 Å². The molecule has 1 amide bonds. The third-order valence-electron chi connectivity index (χ3n) is 4.40. The third-order valence-corrected chi connectivity index (χ3v) is 4.40. The summed E-state index contributed by atoms with van der Waals surface area (Å²) >= 11 is 0. The molecule has 3 rings (SSSR count). The SMILES string of the molecule is CC1CCNCC1NC(=O)C1COc2ccccc2C1.Cl. The highest BCUT2D eigenvalue weighted by Crippen LogP contribution is 2.27. The summed E-state index contributed by atoms with van der Waals surface area (Å²) in [7, 11) is 0. The predicted molar refractivity (Wildman–Crippen MR) is 85.0 cm³/mol. The largest absolute Gasteiger partial charge is 0.492 e. The van der Waals surface area contributed by atoms with E-state index < -0.39 is 0 Å². The van der Waals surface area contributed by atoms with Gasteiger partial charge in [0.05, 0.1) is 5.92 Å². The van der Waals surface area contributed by atoms with Crippen molar-refractivity contribution in [1.29, 1.82) is 0 Å². The molecule has 1 aromatic carbocycles. The van der Waals surface area contributed by atoms with Crippen LogP contribution in [0.4, 0.5) is 0 Å². The van der Waals surface area contributed by atoms with Crippen molar-refractivity contribution in [3.8, 4) is 5.75 Å². The number of ether oxygens (including phenoxy) is 1. The van der Waals surface area contributed by atoms with E-state index in [1.807, 2.05) is 24.3 Å². The predicted octanol–water partition coefficient (Wildman–Crippen LogP) is 1.77. The van der Waals surface area contributed by atoms with Gasteiger partial charge in [-0.05, 0) is 36.9 Å². The van der Waals surface area contributed by atoms with Gasteiger partial charge in [-0.1, -0.05) is 25.1 Å². The molecule has 2 aliphatic rings. The van der Waals surface area contributed by atoms with Crippen molar-refractivity contribution in [3.05, 3.63) is 29.8 Å². The second-order valence-electron chi connectivity index (χ2n) is 5.90. The first-order valence-corrected chi connectivity index (χ1v) is 7.46. The fraction of sp³-hybridized carbons (Fsp3) is 0.562. The Bertz CT molecular complexity index is 495. The molecule has 1 aromatic rings. The molecule has 0 spiro atoms. The number of nitrogens with one attached hydrogen (secondary N) is 2. The van der Waals surface area contributed by atoms with E-state index in [0.29, 0.717) is 12.5 Å². The molecule has 2 N–H and O–H groups in total. The molecule has 0 aliphatic carbocycles. The van der Waals surface area contributed by atoms with E-state index in [2.05, 4.69) is 17.6 Å². The Morgan fingerprint density at radius 3 is 3.00 bits per heavy atom. The van der Waals surface area contributed by atoms with Gasteiger partial charge in [-0.2, -0.15) is 0 Å². The number of rotatable bonds is 2. The Morgan fingerprint density at radius 1 is 1.38 bits per heavy atom. The summed E-state index contributed by atoms with van der Waals surface area (Å²) in [5.41, 5.74) is 1.13. The van der Waals surface area contributed by atoms with Crippen molar-refractivity contribution in [2.24, 2.45) is 11.8 Å². The lowest BCUT2D eigenvalue weighted by molar-refractivity contribution is -0.127. The summed E-state index contributed by atoms with van der Waals surface area (Å²) < 4.78 is 5.70. The maximum Gasteiger partial charge on any atom is 0.227 e. The van der Waals surface area contributed by atoms with E-state index in [-0.39, 0.29) is 30.3 Å². The molecule has 3 unspecified atom stereocenters. The number of carbonyl (C=O) groups excluding carboxylic acids is 1. The van der Waals surface area contributed by atoms with Crippen molar-refractivity contribution in [2.45, 2.75) is 25.8 Å². The fourth-order valence-corrected chi connectivity index (χ4v) is 2.98. The summed E-state index contributed by atoms with van der Waals surface area (Å²) in [5.74, 6) is 1.51. The average Bonchev–Trinajstić information content (AvgIpc) is 2.49. The second-order valence-corrected chi connectivity index (χ2v) is 5.90. The average molecular weight is 311 g/mol. The van der Waals surface area contributed by atoms with Crippen LogP contribution in [0, 0.1) is 11.8 Å². The summed E-state index contributed by atoms with van der Waals surface area (Å²) in [5, 5.41) is 6.53. The van der Waals surface area contributed by atoms with Crippen LogP contribution in [0.5, 0.6) is 5.75 Å². The van der Waals surface area contributed by atoms with E-state index in [1.54, 1.807) is 0 Å². The minimum atomic E-state index is -0.0703. The molecule has 3 atom stereocenters. The van der Waals surface area contributed by atoms with Crippen molar-refractivity contribution >= 4 is 18.3 Å². The Balaban J connectivity index is 0.00000161. The Labute approximate surface area is 132 Å². The monoisotopic (exact) mass is 310 g/mol.